The topological polar surface area (TPSA) is 82.8 Å². The van der Waals surface area contributed by atoms with Gasteiger partial charge in [-0.05, 0) is 12.8 Å². The van der Waals surface area contributed by atoms with Crippen molar-refractivity contribution in [2.24, 2.45) is 12.8 Å². The lowest BCUT2D eigenvalue weighted by atomic mass is 9.94. The molecular weight excluding hydrogens is 218 g/mol. The normalized spacial score (nSPS) is 12.0. The molecule has 0 aliphatic carbocycles. The molecule has 0 unspecified atom stereocenters. The predicted octanol–water partition coefficient (Wildman–Crippen LogP) is 1.44. The summed E-state index contributed by atoms with van der Waals surface area (Å²) >= 11 is 0. The number of aryl methyl sites for hydroxylation is 1. The molecule has 0 saturated heterocycles. The summed E-state index contributed by atoms with van der Waals surface area (Å²) in [7, 11) is 1.84. The molecule has 0 saturated carbocycles. The maximum Gasteiger partial charge on any atom is 0.247 e. The molecule has 92 valence electrons. The van der Waals surface area contributed by atoms with Crippen LogP contribution in [0.5, 0.6) is 0 Å². The van der Waals surface area contributed by atoms with E-state index in [1.807, 2.05) is 27.1 Å². The van der Waals surface area contributed by atoms with E-state index in [0.717, 1.165) is 18.4 Å². The van der Waals surface area contributed by atoms with Crippen molar-refractivity contribution in [1.82, 2.24) is 19.9 Å². The Morgan fingerprint density at radius 3 is 2.65 bits per heavy atom. The number of aromatic nitrogens is 4. The Balaban J connectivity index is 2.33. The van der Waals surface area contributed by atoms with Crippen molar-refractivity contribution in [3.05, 3.63) is 18.3 Å². The van der Waals surface area contributed by atoms with Crippen molar-refractivity contribution in [2.75, 3.05) is 0 Å². The fraction of sp³-hybridized carbons (Fsp3) is 0.545. The molecule has 0 bridgehead atoms. The van der Waals surface area contributed by atoms with Gasteiger partial charge in [0.1, 0.15) is 0 Å². The number of nitrogens with zero attached hydrogens (tertiary/aromatic N) is 4. The van der Waals surface area contributed by atoms with E-state index in [9.17, 15) is 0 Å². The highest BCUT2D eigenvalue weighted by Gasteiger charge is 2.30. The molecule has 6 heteroatoms. The summed E-state index contributed by atoms with van der Waals surface area (Å²) in [6.07, 6.45) is 5.06. The first-order chi connectivity index (χ1) is 8.09. The summed E-state index contributed by atoms with van der Waals surface area (Å²) in [4.78, 5) is 4.35. The first-order valence-corrected chi connectivity index (χ1v) is 5.71. The third kappa shape index (κ3) is 2.08. The van der Waals surface area contributed by atoms with Gasteiger partial charge in [-0.15, -0.1) is 0 Å². The third-order valence-electron chi connectivity index (χ3n) is 3.08. The number of rotatable bonds is 4. The van der Waals surface area contributed by atoms with Crippen molar-refractivity contribution >= 4 is 0 Å². The first-order valence-electron chi connectivity index (χ1n) is 5.71. The van der Waals surface area contributed by atoms with Crippen LogP contribution in [-0.4, -0.2) is 19.9 Å². The fourth-order valence-corrected chi connectivity index (χ4v) is 1.63. The average molecular weight is 235 g/mol. The van der Waals surface area contributed by atoms with Crippen LogP contribution in [0.25, 0.3) is 11.4 Å². The molecule has 2 aromatic rings. The van der Waals surface area contributed by atoms with Crippen LogP contribution in [0, 0.1) is 0 Å². The van der Waals surface area contributed by atoms with Gasteiger partial charge >= 0.3 is 0 Å². The second-order valence-electron chi connectivity index (χ2n) is 4.19. The zero-order valence-corrected chi connectivity index (χ0v) is 10.3. The van der Waals surface area contributed by atoms with Crippen LogP contribution in [0.4, 0.5) is 0 Å². The van der Waals surface area contributed by atoms with Gasteiger partial charge in [-0.25, -0.2) is 0 Å². The number of hydrogen-bond acceptors (Lipinski definition) is 5. The highest BCUT2D eigenvalue weighted by atomic mass is 16.5. The summed E-state index contributed by atoms with van der Waals surface area (Å²) in [5.74, 6) is 1.02. The second kappa shape index (κ2) is 4.29. The Morgan fingerprint density at radius 2 is 2.12 bits per heavy atom. The van der Waals surface area contributed by atoms with Crippen LogP contribution in [0.1, 0.15) is 32.6 Å². The van der Waals surface area contributed by atoms with Crippen LogP contribution < -0.4 is 5.73 Å². The van der Waals surface area contributed by atoms with E-state index in [1.54, 1.807) is 10.9 Å². The van der Waals surface area contributed by atoms with E-state index in [2.05, 4.69) is 15.2 Å². The lowest BCUT2D eigenvalue weighted by Crippen LogP contribution is -2.35. The molecule has 0 aliphatic rings. The van der Waals surface area contributed by atoms with E-state index in [-0.39, 0.29) is 0 Å². The van der Waals surface area contributed by atoms with Crippen molar-refractivity contribution in [1.29, 1.82) is 0 Å². The van der Waals surface area contributed by atoms with Gasteiger partial charge in [0, 0.05) is 13.2 Å². The lowest BCUT2D eigenvalue weighted by molar-refractivity contribution is 0.268. The van der Waals surface area contributed by atoms with Gasteiger partial charge in [0.15, 0.2) is 0 Å². The van der Waals surface area contributed by atoms with Crippen LogP contribution in [0.2, 0.25) is 0 Å². The number of nitrogens with two attached hydrogens (primary N) is 1. The van der Waals surface area contributed by atoms with Crippen molar-refractivity contribution < 1.29 is 4.52 Å². The Labute approximate surface area is 99.8 Å². The lowest BCUT2D eigenvalue weighted by Gasteiger charge is -2.20. The molecule has 2 N–H and O–H groups in total. The maximum absolute atomic E-state index is 6.20. The third-order valence-corrected chi connectivity index (χ3v) is 3.08. The fourth-order valence-electron chi connectivity index (χ4n) is 1.63. The van der Waals surface area contributed by atoms with Gasteiger partial charge in [-0.2, -0.15) is 10.1 Å². The first kappa shape index (κ1) is 11.8. The summed E-state index contributed by atoms with van der Waals surface area (Å²) < 4.78 is 6.95. The minimum absolute atomic E-state index is 0.487. The Bertz CT molecular complexity index is 497. The van der Waals surface area contributed by atoms with E-state index in [1.165, 1.54) is 0 Å². The van der Waals surface area contributed by atoms with E-state index in [0.29, 0.717) is 11.7 Å². The molecule has 0 aliphatic heterocycles. The second-order valence-corrected chi connectivity index (χ2v) is 4.19. The Kier molecular flexibility index (Phi) is 2.97. The van der Waals surface area contributed by atoms with Crippen LogP contribution in [0.3, 0.4) is 0 Å². The predicted molar refractivity (Wildman–Crippen MR) is 62.9 cm³/mol. The highest BCUT2D eigenvalue weighted by Crippen LogP contribution is 2.26. The zero-order valence-electron chi connectivity index (χ0n) is 10.3. The van der Waals surface area contributed by atoms with Gasteiger partial charge < -0.3 is 10.3 Å². The van der Waals surface area contributed by atoms with Crippen LogP contribution >= 0.6 is 0 Å². The standard InChI is InChI=1S/C11H17N5O/c1-4-11(12,5-2)10-14-9(15-17-10)8-6-13-16(3)7-8/h6-7H,4-5,12H2,1-3H3. The molecule has 2 aromatic heterocycles. The molecule has 17 heavy (non-hydrogen) atoms. The Morgan fingerprint density at radius 1 is 1.41 bits per heavy atom. The van der Waals surface area contributed by atoms with Crippen LogP contribution in [-0.2, 0) is 12.6 Å². The van der Waals surface area contributed by atoms with E-state index >= 15 is 0 Å². The smallest absolute Gasteiger partial charge is 0.247 e. The monoisotopic (exact) mass is 235 g/mol. The van der Waals surface area contributed by atoms with Crippen molar-refractivity contribution in [3.8, 4) is 11.4 Å². The van der Waals surface area contributed by atoms with Gasteiger partial charge in [0.25, 0.3) is 0 Å². The number of hydrogen-bond donors (Lipinski definition) is 1. The molecule has 2 heterocycles. The molecule has 0 fully saturated rings. The largest absolute Gasteiger partial charge is 0.337 e. The van der Waals surface area contributed by atoms with Crippen molar-refractivity contribution in [2.45, 2.75) is 32.2 Å². The molecule has 0 aromatic carbocycles. The molecule has 0 atom stereocenters. The van der Waals surface area contributed by atoms with Gasteiger partial charge in [0.2, 0.25) is 11.7 Å². The Hall–Kier alpha value is -1.69. The average Bonchev–Trinajstić information content (AvgIpc) is 2.96. The summed E-state index contributed by atoms with van der Waals surface area (Å²) in [6, 6.07) is 0. The minimum atomic E-state index is -0.534. The highest BCUT2D eigenvalue weighted by molar-refractivity contribution is 5.51. The van der Waals surface area contributed by atoms with Crippen LogP contribution in [0.15, 0.2) is 16.9 Å². The SMILES string of the molecule is CCC(N)(CC)c1nc(-c2cnn(C)c2)no1. The van der Waals surface area contributed by atoms with E-state index in [4.69, 9.17) is 10.3 Å². The minimum Gasteiger partial charge on any atom is -0.337 e. The van der Waals surface area contributed by atoms with Gasteiger partial charge in [-0.3, -0.25) is 4.68 Å². The quantitative estimate of drug-likeness (QED) is 0.867. The van der Waals surface area contributed by atoms with E-state index < -0.39 is 5.54 Å². The molecule has 0 spiro atoms. The summed E-state index contributed by atoms with van der Waals surface area (Å²) in [5.41, 5.74) is 6.49. The maximum atomic E-state index is 6.20. The molecule has 2 rings (SSSR count). The zero-order chi connectivity index (χ0) is 12.5. The molecular formula is C11H17N5O. The molecule has 0 amide bonds. The summed E-state index contributed by atoms with van der Waals surface area (Å²) in [5, 5.41) is 8.01. The molecule has 0 radical (unpaired) electrons. The van der Waals surface area contributed by atoms with Crippen molar-refractivity contribution in [3.63, 3.8) is 0 Å². The summed E-state index contributed by atoms with van der Waals surface area (Å²) in [6.45, 7) is 4.02. The molecule has 6 nitrogen and oxygen atoms in total. The van der Waals surface area contributed by atoms with Gasteiger partial charge in [0.05, 0.1) is 17.3 Å². The van der Waals surface area contributed by atoms with Gasteiger partial charge in [-0.1, -0.05) is 19.0 Å².